The first-order valence-corrected chi connectivity index (χ1v) is 10.4. The van der Waals surface area contributed by atoms with Crippen LogP contribution in [0.15, 0.2) is 48.5 Å². The predicted molar refractivity (Wildman–Crippen MR) is 114 cm³/mol. The van der Waals surface area contributed by atoms with E-state index in [1.54, 1.807) is 4.90 Å². The molecule has 2 aliphatic heterocycles. The molecule has 2 aliphatic rings. The van der Waals surface area contributed by atoms with E-state index in [9.17, 15) is 14.4 Å². The Kier molecular flexibility index (Phi) is 5.33. The molecule has 0 atom stereocenters. The number of amides is 4. The van der Waals surface area contributed by atoms with E-state index in [0.717, 1.165) is 22.3 Å². The Hall–Kier alpha value is -3.15. The van der Waals surface area contributed by atoms with Gasteiger partial charge in [0.1, 0.15) is 5.54 Å². The number of rotatable bonds is 4. The fraction of sp³-hybridized carbons (Fsp3) is 0.375. The van der Waals surface area contributed by atoms with Gasteiger partial charge in [0.25, 0.3) is 5.91 Å². The molecule has 2 saturated heterocycles. The average molecular weight is 405 g/mol. The third-order valence-electron chi connectivity index (χ3n) is 6.28. The Morgan fingerprint density at radius 3 is 2.33 bits per heavy atom. The van der Waals surface area contributed by atoms with E-state index in [4.69, 9.17) is 0 Å². The molecule has 1 N–H and O–H groups in total. The number of nitrogens with zero attached hydrogens (tertiary/aromatic N) is 2. The molecule has 0 radical (unpaired) electrons. The molecule has 1 spiro atoms. The number of piperidine rings is 1. The highest BCUT2D eigenvalue weighted by atomic mass is 16.2. The molecule has 0 unspecified atom stereocenters. The van der Waals surface area contributed by atoms with E-state index in [2.05, 4.69) is 5.32 Å². The van der Waals surface area contributed by atoms with Gasteiger partial charge in [-0.2, -0.15) is 0 Å². The first-order chi connectivity index (χ1) is 14.4. The van der Waals surface area contributed by atoms with Gasteiger partial charge in [-0.15, -0.1) is 0 Å². The van der Waals surface area contributed by atoms with Gasteiger partial charge in [0.2, 0.25) is 5.91 Å². The van der Waals surface area contributed by atoms with Crippen molar-refractivity contribution in [2.24, 2.45) is 0 Å². The van der Waals surface area contributed by atoms with Crippen molar-refractivity contribution in [1.82, 2.24) is 15.1 Å². The maximum Gasteiger partial charge on any atom is 0.325 e. The lowest BCUT2D eigenvalue weighted by Gasteiger charge is -2.37. The smallest absolute Gasteiger partial charge is 0.325 e. The summed E-state index contributed by atoms with van der Waals surface area (Å²) in [6.07, 6.45) is 1.25. The van der Waals surface area contributed by atoms with E-state index in [1.807, 2.05) is 62.4 Å². The Bertz CT molecular complexity index is 975. The number of carbonyl (C=O) groups is 3. The largest absolute Gasteiger partial charge is 0.342 e. The SMILES string of the molecule is Cc1ccc(CN2C(=O)NC3(CCN(C(=O)Cc4ccccc4C)CC3)C2=O)cc1. The van der Waals surface area contributed by atoms with Crippen LogP contribution in [0.5, 0.6) is 0 Å². The zero-order chi connectivity index (χ0) is 21.3. The fourth-order valence-corrected chi connectivity index (χ4v) is 4.26. The number of hydrogen-bond donors (Lipinski definition) is 1. The Labute approximate surface area is 176 Å². The third kappa shape index (κ3) is 3.82. The summed E-state index contributed by atoms with van der Waals surface area (Å²) in [6, 6.07) is 15.4. The van der Waals surface area contributed by atoms with Crippen molar-refractivity contribution in [2.75, 3.05) is 13.1 Å². The monoisotopic (exact) mass is 405 g/mol. The molecule has 2 fully saturated rings. The first-order valence-electron chi connectivity index (χ1n) is 10.4. The van der Waals surface area contributed by atoms with Crippen LogP contribution >= 0.6 is 0 Å². The third-order valence-corrected chi connectivity index (χ3v) is 6.28. The molecule has 30 heavy (non-hydrogen) atoms. The Morgan fingerprint density at radius 1 is 1.00 bits per heavy atom. The number of nitrogens with one attached hydrogen (secondary N) is 1. The molecule has 6 nitrogen and oxygen atoms in total. The van der Waals surface area contributed by atoms with Gasteiger partial charge in [-0.3, -0.25) is 14.5 Å². The number of imide groups is 1. The molecule has 2 heterocycles. The van der Waals surface area contributed by atoms with Gasteiger partial charge in [0, 0.05) is 13.1 Å². The van der Waals surface area contributed by atoms with E-state index in [-0.39, 0.29) is 24.4 Å². The van der Waals surface area contributed by atoms with Gasteiger partial charge in [0.05, 0.1) is 13.0 Å². The summed E-state index contributed by atoms with van der Waals surface area (Å²) < 4.78 is 0. The van der Waals surface area contributed by atoms with Crippen LogP contribution in [-0.4, -0.2) is 46.3 Å². The van der Waals surface area contributed by atoms with Gasteiger partial charge >= 0.3 is 6.03 Å². The lowest BCUT2D eigenvalue weighted by molar-refractivity contribution is -0.138. The highest BCUT2D eigenvalue weighted by molar-refractivity contribution is 6.07. The lowest BCUT2D eigenvalue weighted by atomic mass is 9.87. The second kappa shape index (κ2) is 7.94. The number of benzene rings is 2. The summed E-state index contributed by atoms with van der Waals surface area (Å²) in [7, 11) is 0. The molecule has 2 aromatic carbocycles. The summed E-state index contributed by atoms with van der Waals surface area (Å²) in [6.45, 7) is 5.21. The summed E-state index contributed by atoms with van der Waals surface area (Å²) >= 11 is 0. The van der Waals surface area contributed by atoms with Crippen molar-refractivity contribution < 1.29 is 14.4 Å². The van der Waals surface area contributed by atoms with Crippen molar-refractivity contribution in [3.63, 3.8) is 0 Å². The van der Waals surface area contributed by atoms with Crippen molar-refractivity contribution in [1.29, 1.82) is 0 Å². The van der Waals surface area contributed by atoms with Crippen LogP contribution in [-0.2, 0) is 22.6 Å². The second-order valence-corrected chi connectivity index (χ2v) is 8.37. The summed E-state index contributed by atoms with van der Waals surface area (Å²) in [4.78, 5) is 41.5. The molecule has 2 aromatic rings. The number of carbonyl (C=O) groups excluding carboxylic acids is 3. The zero-order valence-corrected chi connectivity index (χ0v) is 17.5. The van der Waals surface area contributed by atoms with Gasteiger partial charge in [0.15, 0.2) is 0 Å². The van der Waals surface area contributed by atoms with Crippen LogP contribution in [0.3, 0.4) is 0 Å². The molecule has 0 bridgehead atoms. The second-order valence-electron chi connectivity index (χ2n) is 8.37. The number of aryl methyl sites for hydroxylation is 2. The maximum absolute atomic E-state index is 13.1. The molecule has 0 saturated carbocycles. The first kappa shape index (κ1) is 20.1. The van der Waals surface area contributed by atoms with Crippen LogP contribution < -0.4 is 5.32 Å². The zero-order valence-electron chi connectivity index (χ0n) is 17.5. The Balaban J connectivity index is 1.39. The van der Waals surface area contributed by atoms with E-state index >= 15 is 0 Å². The van der Waals surface area contributed by atoms with Crippen LogP contribution in [0.2, 0.25) is 0 Å². The van der Waals surface area contributed by atoms with E-state index in [0.29, 0.717) is 32.4 Å². The molecule has 0 aromatic heterocycles. The van der Waals surface area contributed by atoms with Crippen LogP contribution in [0, 0.1) is 13.8 Å². The normalized spacial score (nSPS) is 18.1. The number of hydrogen-bond acceptors (Lipinski definition) is 3. The molecule has 4 amide bonds. The highest BCUT2D eigenvalue weighted by Crippen LogP contribution is 2.30. The maximum atomic E-state index is 13.1. The molecule has 156 valence electrons. The minimum atomic E-state index is -0.888. The highest BCUT2D eigenvalue weighted by Gasteiger charge is 2.52. The lowest BCUT2D eigenvalue weighted by Crippen LogP contribution is -2.56. The number of likely N-dealkylation sites (tertiary alicyclic amines) is 1. The van der Waals surface area contributed by atoms with Gasteiger partial charge in [-0.25, -0.2) is 4.79 Å². The van der Waals surface area contributed by atoms with Crippen LogP contribution in [0.1, 0.15) is 35.1 Å². The van der Waals surface area contributed by atoms with Gasteiger partial charge in [-0.1, -0.05) is 54.1 Å². The molecular weight excluding hydrogens is 378 g/mol. The van der Waals surface area contributed by atoms with Crippen molar-refractivity contribution >= 4 is 17.8 Å². The predicted octanol–water partition coefficient (Wildman–Crippen LogP) is 2.96. The van der Waals surface area contributed by atoms with E-state index < -0.39 is 5.54 Å². The van der Waals surface area contributed by atoms with Crippen molar-refractivity contribution in [3.05, 3.63) is 70.8 Å². The van der Waals surface area contributed by atoms with Crippen molar-refractivity contribution in [3.8, 4) is 0 Å². The minimum absolute atomic E-state index is 0.0624. The summed E-state index contributed by atoms with van der Waals surface area (Å²) in [5, 5.41) is 2.92. The van der Waals surface area contributed by atoms with E-state index in [1.165, 1.54) is 4.90 Å². The molecular formula is C24H27N3O3. The summed E-state index contributed by atoms with van der Waals surface area (Å²) in [5.74, 6) is -0.119. The minimum Gasteiger partial charge on any atom is -0.342 e. The molecule has 0 aliphatic carbocycles. The molecule has 6 heteroatoms. The van der Waals surface area contributed by atoms with Gasteiger partial charge < -0.3 is 10.2 Å². The van der Waals surface area contributed by atoms with Crippen LogP contribution in [0.4, 0.5) is 4.79 Å². The average Bonchev–Trinajstić information content (AvgIpc) is 2.96. The Morgan fingerprint density at radius 2 is 1.67 bits per heavy atom. The fourth-order valence-electron chi connectivity index (χ4n) is 4.26. The van der Waals surface area contributed by atoms with Gasteiger partial charge in [-0.05, 0) is 43.4 Å². The summed E-state index contributed by atoms with van der Waals surface area (Å²) in [5.41, 5.74) is 3.30. The standard InChI is InChI=1S/C24H27N3O3/c1-17-7-9-19(10-8-17)16-27-22(29)24(25-23(27)30)11-13-26(14-12-24)21(28)15-20-6-4-3-5-18(20)2/h3-10H,11-16H2,1-2H3,(H,25,30). The molecule has 4 rings (SSSR count). The van der Waals surface area contributed by atoms with Crippen molar-refractivity contribution in [2.45, 2.75) is 45.2 Å². The topological polar surface area (TPSA) is 69.7 Å². The quantitative estimate of drug-likeness (QED) is 0.795. The number of urea groups is 1. The van der Waals surface area contributed by atoms with Crippen LogP contribution in [0.25, 0.3) is 0 Å².